The third kappa shape index (κ3) is 3.56. The van der Waals surface area contributed by atoms with Crippen LogP contribution in [-0.2, 0) is 24.2 Å². The van der Waals surface area contributed by atoms with Crippen LogP contribution in [0.1, 0.15) is 56.4 Å². The van der Waals surface area contributed by atoms with E-state index in [1.807, 2.05) is 18.7 Å². The highest BCUT2D eigenvalue weighted by Gasteiger charge is 2.26. The fourth-order valence-electron chi connectivity index (χ4n) is 4.17. The molecule has 0 spiro atoms. The molecule has 5 nitrogen and oxygen atoms in total. The van der Waals surface area contributed by atoms with E-state index in [9.17, 15) is 9.59 Å². The molecule has 1 aliphatic carbocycles. The van der Waals surface area contributed by atoms with Crippen LogP contribution in [0.25, 0.3) is 10.2 Å². The number of nitrogens with zero attached hydrogens (tertiary/aromatic N) is 3. The van der Waals surface area contributed by atoms with Crippen molar-refractivity contribution >= 4 is 39.2 Å². The molecule has 4 rings (SSSR count). The molecule has 0 unspecified atom stereocenters. The van der Waals surface area contributed by atoms with Gasteiger partial charge in [-0.15, -0.1) is 11.3 Å². The Balaban J connectivity index is 1.66. The molecule has 27 heavy (non-hydrogen) atoms. The van der Waals surface area contributed by atoms with Gasteiger partial charge < -0.3 is 4.90 Å². The number of thiophene rings is 1. The zero-order chi connectivity index (χ0) is 19.0. The Labute approximate surface area is 168 Å². The third-order valence-electron chi connectivity index (χ3n) is 5.65. The highest BCUT2D eigenvalue weighted by atomic mass is 32.2. The Morgan fingerprint density at radius 1 is 1.19 bits per heavy atom. The van der Waals surface area contributed by atoms with E-state index < -0.39 is 0 Å². The second-order valence-electron chi connectivity index (χ2n) is 7.48. The summed E-state index contributed by atoms with van der Waals surface area (Å²) in [6, 6.07) is 0. The van der Waals surface area contributed by atoms with E-state index >= 15 is 0 Å². The number of aromatic nitrogens is 2. The van der Waals surface area contributed by atoms with Crippen molar-refractivity contribution in [1.82, 2.24) is 14.5 Å². The number of aryl methyl sites for hydroxylation is 2. The van der Waals surface area contributed by atoms with E-state index in [1.165, 1.54) is 35.0 Å². The second-order valence-corrected chi connectivity index (χ2v) is 9.87. The lowest BCUT2D eigenvalue weighted by molar-refractivity contribution is -0.131. The Hall–Kier alpha value is -1.34. The van der Waals surface area contributed by atoms with Gasteiger partial charge in [-0.2, -0.15) is 0 Å². The van der Waals surface area contributed by atoms with Gasteiger partial charge in [-0.3, -0.25) is 14.2 Å². The molecular weight excluding hydrogens is 378 g/mol. The van der Waals surface area contributed by atoms with Gasteiger partial charge in [0.25, 0.3) is 5.56 Å². The van der Waals surface area contributed by atoms with Crippen molar-refractivity contribution in [2.45, 2.75) is 75.7 Å². The molecule has 1 aliphatic heterocycles. The van der Waals surface area contributed by atoms with Gasteiger partial charge in [0.1, 0.15) is 4.83 Å². The first-order valence-electron chi connectivity index (χ1n) is 10.1. The molecule has 7 heteroatoms. The normalized spacial score (nSPS) is 18.5. The summed E-state index contributed by atoms with van der Waals surface area (Å²) in [5.41, 5.74) is 1.30. The SMILES string of the molecule is CCn1c(S[C@@H](C)C(=O)N2CCCCC2)nc2sc3c(c2c1=O)CCCC3. The van der Waals surface area contributed by atoms with Crippen molar-refractivity contribution in [2.24, 2.45) is 0 Å². The van der Waals surface area contributed by atoms with E-state index in [1.54, 1.807) is 15.9 Å². The molecule has 1 amide bonds. The monoisotopic (exact) mass is 405 g/mol. The van der Waals surface area contributed by atoms with Crippen molar-refractivity contribution in [2.75, 3.05) is 13.1 Å². The number of thioether (sulfide) groups is 1. The number of hydrogen-bond donors (Lipinski definition) is 0. The van der Waals surface area contributed by atoms with Crippen LogP contribution in [0.15, 0.2) is 9.95 Å². The molecule has 3 heterocycles. The molecule has 0 saturated carbocycles. The smallest absolute Gasteiger partial charge is 0.263 e. The van der Waals surface area contributed by atoms with Gasteiger partial charge in [-0.05, 0) is 64.4 Å². The van der Waals surface area contributed by atoms with E-state index in [-0.39, 0.29) is 16.7 Å². The van der Waals surface area contributed by atoms with Crippen molar-refractivity contribution in [1.29, 1.82) is 0 Å². The maximum absolute atomic E-state index is 13.2. The quantitative estimate of drug-likeness (QED) is 0.573. The summed E-state index contributed by atoms with van der Waals surface area (Å²) in [5, 5.41) is 1.29. The van der Waals surface area contributed by atoms with Crippen LogP contribution >= 0.6 is 23.1 Å². The largest absolute Gasteiger partial charge is 0.342 e. The van der Waals surface area contributed by atoms with Crippen molar-refractivity contribution in [3.05, 3.63) is 20.8 Å². The highest BCUT2D eigenvalue weighted by Crippen LogP contribution is 2.35. The zero-order valence-electron chi connectivity index (χ0n) is 16.1. The van der Waals surface area contributed by atoms with E-state index in [0.717, 1.165) is 55.4 Å². The predicted octanol–water partition coefficient (Wildman–Crippen LogP) is 3.85. The van der Waals surface area contributed by atoms with E-state index in [0.29, 0.717) is 11.7 Å². The number of fused-ring (bicyclic) bond motifs is 3. The summed E-state index contributed by atoms with van der Waals surface area (Å²) in [6.07, 6.45) is 7.80. The molecular formula is C20H27N3O2S2. The van der Waals surface area contributed by atoms with Crippen LogP contribution in [0.2, 0.25) is 0 Å². The number of likely N-dealkylation sites (tertiary alicyclic amines) is 1. The third-order valence-corrected chi connectivity index (χ3v) is 7.92. The van der Waals surface area contributed by atoms with Gasteiger partial charge in [0.2, 0.25) is 5.91 Å². The number of amides is 1. The van der Waals surface area contributed by atoms with Gasteiger partial charge in [0, 0.05) is 24.5 Å². The number of carbonyl (C=O) groups excluding carboxylic acids is 1. The van der Waals surface area contributed by atoms with Crippen LogP contribution in [0.3, 0.4) is 0 Å². The van der Waals surface area contributed by atoms with Gasteiger partial charge in [-0.25, -0.2) is 4.98 Å². The van der Waals surface area contributed by atoms with Crippen LogP contribution in [-0.4, -0.2) is 38.7 Å². The minimum atomic E-state index is -0.222. The van der Waals surface area contributed by atoms with Crippen LogP contribution < -0.4 is 5.56 Å². The highest BCUT2D eigenvalue weighted by molar-refractivity contribution is 8.00. The van der Waals surface area contributed by atoms with Crippen LogP contribution in [0.5, 0.6) is 0 Å². The zero-order valence-corrected chi connectivity index (χ0v) is 17.8. The number of piperidine rings is 1. The molecule has 2 aromatic rings. The molecule has 0 radical (unpaired) electrons. The number of carbonyl (C=O) groups is 1. The van der Waals surface area contributed by atoms with Gasteiger partial charge >= 0.3 is 0 Å². The Bertz CT molecular complexity index is 912. The summed E-state index contributed by atoms with van der Waals surface area (Å²) in [5.74, 6) is 0.169. The fraction of sp³-hybridized carbons (Fsp3) is 0.650. The fourth-order valence-corrected chi connectivity index (χ4v) is 6.53. The summed E-state index contributed by atoms with van der Waals surface area (Å²) < 4.78 is 1.76. The van der Waals surface area contributed by atoms with Gasteiger partial charge in [0.05, 0.1) is 10.6 Å². The minimum Gasteiger partial charge on any atom is -0.342 e. The molecule has 2 aromatic heterocycles. The minimum absolute atomic E-state index is 0.0713. The molecule has 0 aromatic carbocycles. The number of hydrogen-bond acceptors (Lipinski definition) is 5. The summed E-state index contributed by atoms with van der Waals surface area (Å²) in [4.78, 5) is 35.0. The lowest BCUT2D eigenvalue weighted by Gasteiger charge is -2.29. The average molecular weight is 406 g/mol. The average Bonchev–Trinajstić information content (AvgIpc) is 3.06. The Morgan fingerprint density at radius 3 is 2.67 bits per heavy atom. The van der Waals surface area contributed by atoms with Crippen LogP contribution in [0.4, 0.5) is 0 Å². The predicted molar refractivity (Wildman–Crippen MR) is 112 cm³/mol. The lowest BCUT2D eigenvalue weighted by Crippen LogP contribution is -2.40. The topological polar surface area (TPSA) is 55.2 Å². The van der Waals surface area contributed by atoms with E-state index in [4.69, 9.17) is 4.98 Å². The Morgan fingerprint density at radius 2 is 1.93 bits per heavy atom. The maximum Gasteiger partial charge on any atom is 0.263 e. The molecule has 2 aliphatic rings. The van der Waals surface area contributed by atoms with Crippen molar-refractivity contribution < 1.29 is 4.79 Å². The summed E-state index contributed by atoms with van der Waals surface area (Å²) >= 11 is 3.12. The first-order valence-corrected chi connectivity index (χ1v) is 11.8. The lowest BCUT2D eigenvalue weighted by atomic mass is 9.97. The molecule has 0 bridgehead atoms. The summed E-state index contributed by atoms with van der Waals surface area (Å²) in [6.45, 7) is 6.22. The van der Waals surface area contributed by atoms with Crippen molar-refractivity contribution in [3.8, 4) is 0 Å². The molecule has 146 valence electrons. The molecule has 1 atom stereocenters. The van der Waals surface area contributed by atoms with Crippen LogP contribution in [0, 0.1) is 0 Å². The van der Waals surface area contributed by atoms with E-state index in [2.05, 4.69) is 0 Å². The molecule has 1 fully saturated rings. The van der Waals surface area contributed by atoms with Crippen molar-refractivity contribution in [3.63, 3.8) is 0 Å². The summed E-state index contributed by atoms with van der Waals surface area (Å²) in [7, 11) is 0. The maximum atomic E-state index is 13.2. The number of rotatable bonds is 4. The molecule has 1 saturated heterocycles. The second kappa shape index (κ2) is 7.95. The van der Waals surface area contributed by atoms with Gasteiger partial charge in [-0.1, -0.05) is 11.8 Å². The first kappa shape index (κ1) is 19.0. The first-order chi connectivity index (χ1) is 13.1. The standard InChI is InChI=1S/C20H27N3O2S2/c1-3-23-19(25)16-14-9-5-6-10-15(14)27-17(16)21-20(23)26-13(2)18(24)22-11-7-4-8-12-22/h13H,3-12H2,1-2H3/t13-/m0/s1. The van der Waals surface area contributed by atoms with Gasteiger partial charge in [0.15, 0.2) is 5.16 Å². The molecule has 0 N–H and O–H groups in total. The Kier molecular flexibility index (Phi) is 5.60.